The summed E-state index contributed by atoms with van der Waals surface area (Å²) in [6.07, 6.45) is 0.188. The number of benzene rings is 2. The molecule has 0 aliphatic heterocycles. The van der Waals surface area contributed by atoms with Gasteiger partial charge in [-0.2, -0.15) is 0 Å². The number of nitrogens with one attached hydrogen (secondary N) is 1. The van der Waals surface area contributed by atoms with E-state index in [0.717, 1.165) is 14.8 Å². The molecule has 0 aromatic heterocycles. The normalized spacial score (nSPS) is 11.3. The van der Waals surface area contributed by atoms with Gasteiger partial charge in [0.25, 0.3) is 5.91 Å². The molecule has 0 fully saturated rings. The van der Waals surface area contributed by atoms with Gasteiger partial charge in [0.15, 0.2) is 0 Å². The van der Waals surface area contributed by atoms with Gasteiger partial charge in [0.2, 0.25) is 0 Å². The number of amides is 1. The van der Waals surface area contributed by atoms with Crippen molar-refractivity contribution in [2.75, 3.05) is 18.5 Å². The van der Waals surface area contributed by atoms with Crippen molar-refractivity contribution in [3.63, 3.8) is 0 Å². The van der Waals surface area contributed by atoms with Crippen molar-refractivity contribution in [1.29, 1.82) is 0 Å². The Morgan fingerprint density at radius 3 is 2.08 bits per heavy atom. The largest absolute Gasteiger partial charge is 0.335 e. The molecule has 7 heteroatoms. The molecule has 2 aromatic carbocycles. The van der Waals surface area contributed by atoms with Gasteiger partial charge in [0.1, 0.15) is 0 Å². The van der Waals surface area contributed by atoms with Crippen LogP contribution in [0.3, 0.4) is 0 Å². The zero-order chi connectivity index (χ0) is 18.3. The van der Waals surface area contributed by atoms with Gasteiger partial charge < -0.3 is 14.4 Å². The first-order valence-electron chi connectivity index (χ1n) is 7.99. The van der Waals surface area contributed by atoms with E-state index in [1.807, 2.05) is 24.3 Å². The van der Waals surface area contributed by atoms with Crippen LogP contribution in [0.15, 0.2) is 48.5 Å². The van der Waals surface area contributed by atoms with Gasteiger partial charge >= 0.3 is 7.60 Å². The molecule has 2 rings (SSSR count). The number of carbonyl (C=O) groups excluding carboxylic acids is 1. The smallest absolute Gasteiger partial charge is 0.322 e. The van der Waals surface area contributed by atoms with Crippen LogP contribution < -0.4 is 5.32 Å². The molecule has 134 valence electrons. The molecule has 0 atom stereocenters. The predicted octanol–water partition coefficient (Wildman–Crippen LogP) is 5.31. The highest BCUT2D eigenvalue weighted by atomic mass is 127. The van der Waals surface area contributed by atoms with Crippen molar-refractivity contribution in [2.24, 2.45) is 0 Å². The van der Waals surface area contributed by atoms with E-state index in [-0.39, 0.29) is 12.1 Å². The fourth-order valence-electron chi connectivity index (χ4n) is 2.24. The van der Waals surface area contributed by atoms with E-state index in [0.29, 0.717) is 18.8 Å². The molecule has 0 radical (unpaired) electrons. The first-order chi connectivity index (χ1) is 12.0. The Kier molecular flexibility index (Phi) is 7.62. The van der Waals surface area contributed by atoms with Gasteiger partial charge in [-0.25, -0.2) is 0 Å². The van der Waals surface area contributed by atoms with Crippen LogP contribution in [0.4, 0.5) is 5.69 Å². The third-order valence-electron chi connectivity index (χ3n) is 3.35. The highest BCUT2D eigenvalue weighted by Crippen LogP contribution is 2.51. The molecular weight excluding hydrogens is 452 g/mol. The molecule has 0 spiro atoms. The van der Waals surface area contributed by atoms with Gasteiger partial charge in [-0.3, -0.25) is 9.36 Å². The molecule has 1 N–H and O–H groups in total. The lowest BCUT2D eigenvalue weighted by molar-refractivity contribution is 0.102. The second-order valence-electron chi connectivity index (χ2n) is 5.26. The second kappa shape index (κ2) is 9.48. The lowest BCUT2D eigenvalue weighted by Crippen LogP contribution is -2.11. The van der Waals surface area contributed by atoms with E-state index in [4.69, 9.17) is 9.05 Å². The summed E-state index contributed by atoms with van der Waals surface area (Å²) in [6.45, 7) is 4.22. The Morgan fingerprint density at radius 2 is 1.56 bits per heavy atom. The molecule has 0 saturated carbocycles. The zero-order valence-corrected chi connectivity index (χ0v) is 17.3. The maximum Gasteiger partial charge on any atom is 0.335 e. The summed E-state index contributed by atoms with van der Waals surface area (Å²) in [6, 6.07) is 14.5. The number of hydrogen-bond acceptors (Lipinski definition) is 4. The fourth-order valence-corrected chi connectivity index (χ4v) is 4.31. The first-order valence-corrected chi connectivity index (χ1v) is 10.8. The van der Waals surface area contributed by atoms with Gasteiger partial charge in [0.05, 0.1) is 19.4 Å². The molecule has 0 bridgehead atoms. The van der Waals surface area contributed by atoms with E-state index in [1.54, 1.807) is 38.1 Å². The number of halogens is 1. The number of hydrogen-bond donors (Lipinski definition) is 1. The van der Waals surface area contributed by atoms with E-state index >= 15 is 0 Å². The van der Waals surface area contributed by atoms with E-state index in [9.17, 15) is 9.36 Å². The van der Waals surface area contributed by atoms with Crippen LogP contribution in [-0.2, 0) is 19.8 Å². The Balaban J connectivity index is 2.04. The van der Waals surface area contributed by atoms with Gasteiger partial charge in [0, 0.05) is 14.8 Å². The highest BCUT2D eigenvalue weighted by molar-refractivity contribution is 14.1. The molecule has 0 heterocycles. The molecular formula is C18H21INO4P. The molecule has 0 saturated heterocycles. The van der Waals surface area contributed by atoms with Crippen molar-refractivity contribution in [3.8, 4) is 0 Å². The Hall–Kier alpha value is -1.21. The van der Waals surface area contributed by atoms with Crippen molar-refractivity contribution >= 4 is 41.8 Å². The van der Waals surface area contributed by atoms with Gasteiger partial charge in [-0.15, -0.1) is 0 Å². The standard InChI is InChI=1S/C18H21INO4P/c1-3-23-25(22,24-4-2)13-14-5-7-15(8-6-14)18(21)20-17-11-9-16(19)10-12-17/h5-12H,3-4,13H2,1-2H3,(H,20,21). The lowest BCUT2D eigenvalue weighted by atomic mass is 10.1. The van der Waals surface area contributed by atoms with Crippen LogP contribution in [0.25, 0.3) is 0 Å². The SMILES string of the molecule is CCOP(=O)(Cc1ccc(C(=O)Nc2ccc(I)cc2)cc1)OCC. The minimum atomic E-state index is -3.14. The van der Waals surface area contributed by atoms with Crippen LogP contribution in [0, 0.1) is 3.57 Å². The third-order valence-corrected chi connectivity index (χ3v) is 6.12. The quantitative estimate of drug-likeness (QED) is 0.417. The van der Waals surface area contributed by atoms with Crippen LogP contribution in [-0.4, -0.2) is 19.1 Å². The Morgan fingerprint density at radius 1 is 1.00 bits per heavy atom. The van der Waals surface area contributed by atoms with Crippen molar-refractivity contribution in [3.05, 3.63) is 63.2 Å². The predicted molar refractivity (Wildman–Crippen MR) is 108 cm³/mol. The summed E-state index contributed by atoms with van der Waals surface area (Å²) in [5, 5.41) is 2.85. The maximum absolute atomic E-state index is 12.5. The molecule has 1 amide bonds. The summed E-state index contributed by atoms with van der Waals surface area (Å²) < 4.78 is 24.2. The number of carbonyl (C=O) groups is 1. The van der Waals surface area contributed by atoms with Gasteiger partial charge in [-0.1, -0.05) is 12.1 Å². The summed E-state index contributed by atoms with van der Waals surface area (Å²) >= 11 is 2.21. The molecule has 2 aromatic rings. The average Bonchev–Trinajstić information content (AvgIpc) is 2.58. The highest BCUT2D eigenvalue weighted by Gasteiger charge is 2.24. The third kappa shape index (κ3) is 6.22. The minimum absolute atomic E-state index is 0.188. The Labute approximate surface area is 161 Å². The van der Waals surface area contributed by atoms with Crippen molar-refractivity contribution in [1.82, 2.24) is 0 Å². The zero-order valence-electron chi connectivity index (χ0n) is 14.2. The van der Waals surface area contributed by atoms with Crippen LogP contribution in [0.5, 0.6) is 0 Å². The fraction of sp³-hybridized carbons (Fsp3) is 0.278. The van der Waals surface area contributed by atoms with Gasteiger partial charge in [-0.05, 0) is 78.4 Å². The Bertz CT molecular complexity index is 737. The summed E-state index contributed by atoms with van der Waals surface area (Å²) in [5.74, 6) is -0.189. The molecule has 0 aliphatic rings. The monoisotopic (exact) mass is 473 g/mol. The summed E-state index contributed by atoms with van der Waals surface area (Å²) in [7, 11) is -3.14. The number of anilines is 1. The van der Waals surface area contributed by atoms with Crippen LogP contribution >= 0.6 is 30.2 Å². The lowest BCUT2D eigenvalue weighted by Gasteiger charge is -2.17. The van der Waals surface area contributed by atoms with E-state index < -0.39 is 7.60 Å². The average molecular weight is 473 g/mol. The topological polar surface area (TPSA) is 64.6 Å². The van der Waals surface area contributed by atoms with E-state index in [2.05, 4.69) is 27.9 Å². The van der Waals surface area contributed by atoms with Crippen LogP contribution in [0.1, 0.15) is 29.8 Å². The number of rotatable bonds is 8. The molecule has 25 heavy (non-hydrogen) atoms. The summed E-state index contributed by atoms with van der Waals surface area (Å²) in [4.78, 5) is 12.3. The molecule has 0 aliphatic carbocycles. The van der Waals surface area contributed by atoms with E-state index in [1.165, 1.54) is 0 Å². The van der Waals surface area contributed by atoms with Crippen molar-refractivity contribution in [2.45, 2.75) is 20.0 Å². The van der Waals surface area contributed by atoms with Crippen molar-refractivity contribution < 1.29 is 18.4 Å². The van der Waals surface area contributed by atoms with Crippen LogP contribution in [0.2, 0.25) is 0 Å². The molecule has 5 nitrogen and oxygen atoms in total. The second-order valence-corrected chi connectivity index (χ2v) is 8.56. The minimum Gasteiger partial charge on any atom is -0.322 e. The summed E-state index contributed by atoms with van der Waals surface area (Å²) in [5.41, 5.74) is 2.08. The molecule has 0 unspecified atom stereocenters. The maximum atomic E-state index is 12.5. The first kappa shape index (κ1) is 20.1.